The van der Waals surface area contributed by atoms with Crippen LogP contribution in [-0.2, 0) is 4.74 Å². The maximum atomic E-state index is 5.80. The van der Waals surface area contributed by atoms with Crippen molar-refractivity contribution in [2.45, 2.75) is 38.3 Å². The maximum absolute atomic E-state index is 5.80. The summed E-state index contributed by atoms with van der Waals surface area (Å²) >= 11 is 5.14. The molecule has 2 unspecified atom stereocenters. The first-order valence-corrected chi connectivity index (χ1v) is 7.49. The molecule has 0 bridgehead atoms. The van der Waals surface area contributed by atoms with Crippen molar-refractivity contribution in [1.29, 1.82) is 0 Å². The molecular formula is C13H25N3OS. The van der Waals surface area contributed by atoms with E-state index in [0.29, 0.717) is 11.1 Å². The number of hydrogen-bond donors (Lipinski definition) is 1. The predicted octanol–water partition coefficient (Wildman–Crippen LogP) is 0.848. The Kier molecular flexibility index (Phi) is 5.36. The van der Waals surface area contributed by atoms with Crippen molar-refractivity contribution in [3.05, 3.63) is 0 Å². The summed E-state index contributed by atoms with van der Waals surface area (Å²) < 4.78 is 5.69. The van der Waals surface area contributed by atoms with Gasteiger partial charge in [-0.15, -0.1) is 0 Å². The number of hydrogen-bond acceptors (Lipinski definition) is 4. The maximum Gasteiger partial charge on any atom is 0.0901 e. The lowest BCUT2D eigenvalue weighted by Crippen LogP contribution is -2.54. The Morgan fingerprint density at radius 3 is 2.61 bits per heavy atom. The van der Waals surface area contributed by atoms with Crippen molar-refractivity contribution >= 4 is 17.2 Å². The Morgan fingerprint density at radius 1 is 1.39 bits per heavy atom. The van der Waals surface area contributed by atoms with Gasteiger partial charge in [-0.25, -0.2) is 0 Å². The van der Waals surface area contributed by atoms with Crippen LogP contribution >= 0.6 is 12.2 Å². The van der Waals surface area contributed by atoms with Gasteiger partial charge in [-0.1, -0.05) is 19.1 Å². The Bertz CT molecular complexity index is 273. The fourth-order valence-electron chi connectivity index (χ4n) is 2.97. The number of piperazine rings is 1. The molecule has 2 aliphatic rings. The van der Waals surface area contributed by atoms with E-state index in [4.69, 9.17) is 22.7 Å². The van der Waals surface area contributed by atoms with Crippen LogP contribution in [0, 0.1) is 0 Å². The van der Waals surface area contributed by atoms with E-state index in [1.807, 2.05) is 0 Å². The highest BCUT2D eigenvalue weighted by Gasteiger charge is 2.26. The van der Waals surface area contributed by atoms with Gasteiger partial charge in [0.25, 0.3) is 0 Å². The SMILES string of the molecule is CCC(C(N)=S)N1CCN(CC2CCCO2)CC1. The van der Waals surface area contributed by atoms with Gasteiger partial charge in [-0.3, -0.25) is 9.80 Å². The van der Waals surface area contributed by atoms with Crippen molar-refractivity contribution in [2.75, 3.05) is 39.3 Å². The second-order valence-corrected chi connectivity index (χ2v) is 5.77. The van der Waals surface area contributed by atoms with E-state index in [0.717, 1.165) is 45.8 Å². The quantitative estimate of drug-likeness (QED) is 0.751. The molecule has 18 heavy (non-hydrogen) atoms. The van der Waals surface area contributed by atoms with Crippen LogP contribution in [0.1, 0.15) is 26.2 Å². The lowest BCUT2D eigenvalue weighted by Gasteiger charge is -2.39. The molecule has 0 aromatic carbocycles. The highest BCUT2D eigenvalue weighted by molar-refractivity contribution is 7.80. The molecule has 5 heteroatoms. The Labute approximate surface area is 115 Å². The van der Waals surface area contributed by atoms with Crippen molar-refractivity contribution in [3.8, 4) is 0 Å². The molecule has 104 valence electrons. The van der Waals surface area contributed by atoms with Crippen LogP contribution in [0.5, 0.6) is 0 Å². The normalized spacial score (nSPS) is 28.4. The van der Waals surface area contributed by atoms with Crippen LogP contribution in [-0.4, -0.2) is 66.3 Å². The molecular weight excluding hydrogens is 246 g/mol. The van der Waals surface area contributed by atoms with Crippen LogP contribution in [0.15, 0.2) is 0 Å². The largest absolute Gasteiger partial charge is 0.392 e. The summed E-state index contributed by atoms with van der Waals surface area (Å²) in [7, 11) is 0. The van der Waals surface area contributed by atoms with Gasteiger partial charge < -0.3 is 10.5 Å². The predicted molar refractivity (Wildman–Crippen MR) is 77.9 cm³/mol. The first kappa shape index (κ1) is 14.2. The summed E-state index contributed by atoms with van der Waals surface area (Å²) in [6, 6.07) is 0.282. The minimum Gasteiger partial charge on any atom is -0.392 e. The molecule has 2 atom stereocenters. The van der Waals surface area contributed by atoms with Gasteiger partial charge in [0.2, 0.25) is 0 Å². The van der Waals surface area contributed by atoms with Crippen LogP contribution in [0.2, 0.25) is 0 Å². The molecule has 0 spiro atoms. The topological polar surface area (TPSA) is 41.7 Å². The second kappa shape index (κ2) is 6.80. The highest BCUT2D eigenvalue weighted by atomic mass is 32.1. The van der Waals surface area contributed by atoms with Crippen LogP contribution in [0.25, 0.3) is 0 Å². The van der Waals surface area contributed by atoms with E-state index in [9.17, 15) is 0 Å². The summed E-state index contributed by atoms with van der Waals surface area (Å²) in [6.07, 6.45) is 3.93. The van der Waals surface area contributed by atoms with Gasteiger partial charge in [0.15, 0.2) is 0 Å². The lowest BCUT2D eigenvalue weighted by molar-refractivity contribution is 0.0464. The van der Waals surface area contributed by atoms with Crippen molar-refractivity contribution in [1.82, 2.24) is 9.80 Å². The van der Waals surface area contributed by atoms with Gasteiger partial charge in [0, 0.05) is 39.3 Å². The molecule has 0 aliphatic carbocycles. The van der Waals surface area contributed by atoms with Gasteiger partial charge in [-0.2, -0.15) is 0 Å². The third-order valence-corrected chi connectivity index (χ3v) is 4.32. The smallest absolute Gasteiger partial charge is 0.0901 e. The zero-order valence-electron chi connectivity index (χ0n) is 11.3. The van der Waals surface area contributed by atoms with Gasteiger partial charge in [-0.05, 0) is 19.3 Å². The van der Waals surface area contributed by atoms with Crippen molar-refractivity contribution in [3.63, 3.8) is 0 Å². The van der Waals surface area contributed by atoms with Crippen LogP contribution < -0.4 is 5.73 Å². The minimum absolute atomic E-state index is 0.282. The Morgan fingerprint density at radius 2 is 2.11 bits per heavy atom. The molecule has 2 saturated heterocycles. The third kappa shape index (κ3) is 3.63. The number of rotatable bonds is 5. The molecule has 0 radical (unpaired) electrons. The van der Waals surface area contributed by atoms with Gasteiger partial charge in [0.05, 0.1) is 17.1 Å². The summed E-state index contributed by atoms with van der Waals surface area (Å²) in [6.45, 7) is 8.56. The van der Waals surface area contributed by atoms with E-state index in [1.165, 1.54) is 12.8 Å². The molecule has 4 nitrogen and oxygen atoms in total. The molecule has 2 fully saturated rings. The van der Waals surface area contributed by atoms with E-state index in [2.05, 4.69) is 16.7 Å². The lowest BCUT2D eigenvalue weighted by atomic mass is 10.1. The van der Waals surface area contributed by atoms with Crippen LogP contribution in [0.3, 0.4) is 0 Å². The molecule has 2 rings (SSSR count). The number of thiocarbonyl (C=S) groups is 1. The standard InChI is InChI=1S/C13H25N3OS/c1-2-12(13(14)18)16-7-5-15(6-8-16)10-11-4-3-9-17-11/h11-12H,2-10H2,1H3,(H2,14,18). The zero-order chi connectivity index (χ0) is 13.0. The average molecular weight is 271 g/mol. The Hall–Kier alpha value is -0.230. The summed E-state index contributed by atoms with van der Waals surface area (Å²) in [5.74, 6) is 0. The molecule has 0 amide bonds. The third-order valence-electron chi connectivity index (χ3n) is 4.05. The molecule has 2 heterocycles. The molecule has 2 N–H and O–H groups in total. The number of nitrogens with two attached hydrogens (primary N) is 1. The summed E-state index contributed by atoms with van der Waals surface area (Å²) in [5.41, 5.74) is 5.80. The molecule has 2 aliphatic heterocycles. The van der Waals surface area contributed by atoms with Crippen molar-refractivity contribution < 1.29 is 4.74 Å². The monoisotopic (exact) mass is 271 g/mol. The number of nitrogens with zero attached hydrogens (tertiary/aromatic N) is 2. The van der Waals surface area contributed by atoms with Crippen LogP contribution in [0.4, 0.5) is 0 Å². The molecule has 0 aromatic rings. The second-order valence-electron chi connectivity index (χ2n) is 5.30. The highest BCUT2D eigenvalue weighted by Crippen LogP contribution is 2.15. The first-order chi connectivity index (χ1) is 8.70. The van der Waals surface area contributed by atoms with Gasteiger partial charge in [0.1, 0.15) is 0 Å². The average Bonchev–Trinajstić information content (AvgIpc) is 2.84. The van der Waals surface area contributed by atoms with E-state index < -0.39 is 0 Å². The Balaban J connectivity index is 1.74. The fourth-order valence-corrected chi connectivity index (χ4v) is 3.29. The van der Waals surface area contributed by atoms with Crippen molar-refractivity contribution in [2.24, 2.45) is 5.73 Å². The molecule has 0 aromatic heterocycles. The fraction of sp³-hybridized carbons (Fsp3) is 0.923. The first-order valence-electron chi connectivity index (χ1n) is 7.08. The van der Waals surface area contributed by atoms with E-state index in [1.54, 1.807) is 0 Å². The van der Waals surface area contributed by atoms with Gasteiger partial charge >= 0.3 is 0 Å². The summed E-state index contributed by atoms with van der Waals surface area (Å²) in [5, 5.41) is 0. The zero-order valence-corrected chi connectivity index (χ0v) is 12.1. The molecule has 0 saturated carbocycles. The minimum atomic E-state index is 0.282. The van der Waals surface area contributed by atoms with E-state index >= 15 is 0 Å². The van der Waals surface area contributed by atoms with E-state index in [-0.39, 0.29) is 6.04 Å². The number of ether oxygens (including phenoxy) is 1. The summed E-state index contributed by atoms with van der Waals surface area (Å²) in [4.78, 5) is 5.58.